The van der Waals surface area contributed by atoms with Gasteiger partial charge in [-0.25, -0.2) is 4.79 Å². The minimum Gasteiger partial charge on any atom is -0.444 e. The molecular weight excluding hydrogens is 460 g/mol. The number of aryl methyl sites for hydroxylation is 1. The Morgan fingerprint density at radius 2 is 1.86 bits per heavy atom. The van der Waals surface area contributed by atoms with Crippen LogP contribution in [-0.2, 0) is 19.1 Å². The molecule has 1 aromatic carbocycles. The number of nitrogens with one attached hydrogen (secondary N) is 2. The van der Waals surface area contributed by atoms with Gasteiger partial charge in [-0.05, 0) is 52.5 Å². The molecule has 0 aromatic heterocycles. The lowest BCUT2D eigenvalue weighted by Gasteiger charge is -2.32. The molecule has 9 nitrogen and oxygen atoms in total. The van der Waals surface area contributed by atoms with Crippen molar-refractivity contribution in [1.82, 2.24) is 15.5 Å². The largest absolute Gasteiger partial charge is 0.444 e. The summed E-state index contributed by atoms with van der Waals surface area (Å²) in [4.78, 5) is 52.1. The fraction of sp³-hybridized carbons (Fsp3) is 0.556. The summed E-state index contributed by atoms with van der Waals surface area (Å²) in [5.41, 5.74) is 5.92. The van der Waals surface area contributed by atoms with Crippen LogP contribution < -0.4 is 16.4 Å². The molecule has 4 amide bonds. The number of carbonyl (C=O) groups is 4. The van der Waals surface area contributed by atoms with Crippen molar-refractivity contribution in [1.29, 1.82) is 0 Å². The number of rotatable bonds is 9. The Labute approximate surface area is 213 Å². The number of amides is 4. The Kier molecular flexibility index (Phi) is 10.3. The van der Waals surface area contributed by atoms with Gasteiger partial charge in [-0.2, -0.15) is 0 Å². The second-order valence-electron chi connectivity index (χ2n) is 10.2. The van der Waals surface area contributed by atoms with E-state index < -0.39 is 41.5 Å². The number of carbonyl (C=O) groups excluding carboxylic acids is 4. The van der Waals surface area contributed by atoms with Gasteiger partial charge in [0.1, 0.15) is 17.7 Å². The molecule has 1 aromatic rings. The Morgan fingerprint density at radius 1 is 1.19 bits per heavy atom. The molecule has 2 atom stereocenters. The molecule has 1 aliphatic rings. The van der Waals surface area contributed by atoms with Crippen molar-refractivity contribution in [3.63, 3.8) is 0 Å². The van der Waals surface area contributed by atoms with Gasteiger partial charge in [0.25, 0.3) is 5.91 Å². The maximum atomic E-state index is 13.7. The lowest BCUT2D eigenvalue weighted by atomic mass is 9.94. The zero-order valence-electron chi connectivity index (χ0n) is 21.6. The molecule has 1 aliphatic carbocycles. The number of nitrogens with zero attached hydrogens (tertiary/aromatic N) is 1. The van der Waals surface area contributed by atoms with Crippen molar-refractivity contribution in [3.05, 3.63) is 35.4 Å². The van der Waals surface area contributed by atoms with E-state index in [4.69, 9.17) is 16.9 Å². The number of primary amides is 1. The maximum absolute atomic E-state index is 13.7. The summed E-state index contributed by atoms with van der Waals surface area (Å²) in [5.74, 6) is -1.75. The summed E-state index contributed by atoms with van der Waals surface area (Å²) in [7, 11) is 0. The average Bonchev–Trinajstić information content (AvgIpc) is 2.78. The molecule has 0 aliphatic heterocycles. The fourth-order valence-corrected chi connectivity index (χ4v) is 4.21. The van der Waals surface area contributed by atoms with Crippen LogP contribution in [0.15, 0.2) is 24.3 Å². The predicted octanol–water partition coefficient (Wildman–Crippen LogP) is 3.06. The number of alkyl carbamates (subject to hydrolysis) is 1. The number of benzene rings is 1. The van der Waals surface area contributed by atoms with Crippen LogP contribution in [0.2, 0.25) is 0 Å². The highest BCUT2D eigenvalue weighted by molar-refractivity contribution is 5.93. The Balaban J connectivity index is 2.38. The molecule has 0 bridgehead atoms. The number of hydrogen-bond acceptors (Lipinski definition) is 5. The van der Waals surface area contributed by atoms with E-state index in [1.807, 2.05) is 13.0 Å². The van der Waals surface area contributed by atoms with Crippen LogP contribution in [0.5, 0.6) is 0 Å². The first kappa shape index (κ1) is 28.7. The van der Waals surface area contributed by atoms with E-state index in [9.17, 15) is 19.2 Å². The topological polar surface area (TPSA) is 131 Å². The molecule has 9 heteroatoms. The van der Waals surface area contributed by atoms with Gasteiger partial charge in [0.05, 0.1) is 0 Å². The van der Waals surface area contributed by atoms with Crippen molar-refractivity contribution >= 4 is 23.8 Å². The van der Waals surface area contributed by atoms with Crippen molar-refractivity contribution < 1.29 is 23.9 Å². The van der Waals surface area contributed by atoms with E-state index >= 15 is 0 Å². The van der Waals surface area contributed by atoms with E-state index in [0.29, 0.717) is 5.56 Å². The lowest BCUT2D eigenvalue weighted by Crippen LogP contribution is -2.52. The standard InChI is InChI=1S/C27H38N4O5/c1-6-31(25(34)21(15-16-22(28)32)30-26(35)36-27(3,4)5)23(19-12-10-11-18(2)17-19)24(33)29-20-13-8-7-9-14-20/h1,10-12,17,20-21,23H,7-9,13-16H2,2-5H3,(H2,28,32)(H,29,33)(H,30,35). The van der Waals surface area contributed by atoms with Gasteiger partial charge >= 0.3 is 6.09 Å². The smallest absolute Gasteiger partial charge is 0.408 e. The SMILES string of the molecule is C#CN(C(=O)C(CCC(N)=O)NC(=O)OC(C)(C)C)C(C(=O)NC1CCCCC1)c1cccc(C)c1. The lowest BCUT2D eigenvalue weighted by molar-refractivity contribution is -0.139. The highest BCUT2D eigenvalue weighted by Gasteiger charge is 2.36. The number of terminal acetylenes is 1. The number of nitrogens with two attached hydrogens (primary N) is 1. The minimum atomic E-state index is -1.22. The highest BCUT2D eigenvalue weighted by atomic mass is 16.6. The Bertz CT molecular complexity index is 989. The zero-order valence-corrected chi connectivity index (χ0v) is 21.6. The summed E-state index contributed by atoms with van der Waals surface area (Å²) >= 11 is 0. The molecule has 4 N–H and O–H groups in total. The van der Waals surface area contributed by atoms with E-state index in [2.05, 4.69) is 16.7 Å². The number of ether oxygens (including phenoxy) is 1. The fourth-order valence-electron chi connectivity index (χ4n) is 4.21. The molecule has 1 saturated carbocycles. The second-order valence-corrected chi connectivity index (χ2v) is 10.2. The third-order valence-electron chi connectivity index (χ3n) is 5.86. The van der Waals surface area contributed by atoms with Gasteiger partial charge in [0.15, 0.2) is 0 Å². The summed E-state index contributed by atoms with van der Waals surface area (Å²) in [6.07, 6.45) is 9.55. The molecule has 0 saturated heterocycles. The summed E-state index contributed by atoms with van der Waals surface area (Å²) in [5, 5.41) is 5.55. The maximum Gasteiger partial charge on any atom is 0.408 e. The first-order valence-corrected chi connectivity index (χ1v) is 12.4. The van der Waals surface area contributed by atoms with E-state index in [0.717, 1.165) is 42.6 Å². The van der Waals surface area contributed by atoms with Crippen LogP contribution in [-0.4, -0.2) is 46.4 Å². The molecule has 1 fully saturated rings. The quantitative estimate of drug-likeness (QED) is 0.356. The van der Waals surface area contributed by atoms with Gasteiger partial charge in [0.2, 0.25) is 11.8 Å². The Hall–Kier alpha value is -3.54. The van der Waals surface area contributed by atoms with Crippen LogP contribution in [0.4, 0.5) is 4.79 Å². The van der Waals surface area contributed by atoms with Crippen LogP contribution >= 0.6 is 0 Å². The van der Waals surface area contributed by atoms with Crippen molar-refractivity contribution in [2.75, 3.05) is 0 Å². The van der Waals surface area contributed by atoms with Crippen molar-refractivity contribution in [2.24, 2.45) is 5.73 Å². The van der Waals surface area contributed by atoms with Gasteiger partial charge in [-0.15, -0.1) is 0 Å². The summed E-state index contributed by atoms with van der Waals surface area (Å²) < 4.78 is 5.28. The molecule has 2 unspecified atom stereocenters. The highest BCUT2D eigenvalue weighted by Crippen LogP contribution is 2.25. The second kappa shape index (κ2) is 13.0. The molecular formula is C27H38N4O5. The van der Waals surface area contributed by atoms with Crippen molar-refractivity contribution in [2.45, 2.75) is 96.4 Å². The first-order chi connectivity index (χ1) is 16.9. The van der Waals surface area contributed by atoms with Gasteiger partial charge in [-0.3, -0.25) is 19.3 Å². The zero-order chi connectivity index (χ0) is 26.9. The van der Waals surface area contributed by atoms with Crippen LogP contribution in [0.25, 0.3) is 0 Å². The normalized spacial score (nSPS) is 15.6. The van der Waals surface area contributed by atoms with E-state index in [-0.39, 0.29) is 18.9 Å². The summed E-state index contributed by atoms with van der Waals surface area (Å²) in [6, 6.07) is 7.18. The molecule has 2 rings (SSSR count). The van der Waals surface area contributed by atoms with Crippen LogP contribution in [0, 0.1) is 19.4 Å². The predicted molar refractivity (Wildman–Crippen MR) is 136 cm³/mol. The van der Waals surface area contributed by atoms with E-state index in [1.54, 1.807) is 39.0 Å². The van der Waals surface area contributed by atoms with Gasteiger partial charge < -0.3 is 21.1 Å². The summed E-state index contributed by atoms with van der Waals surface area (Å²) in [6.45, 7) is 6.93. The number of hydrogen-bond donors (Lipinski definition) is 3. The third-order valence-corrected chi connectivity index (χ3v) is 5.86. The van der Waals surface area contributed by atoms with Crippen molar-refractivity contribution in [3.8, 4) is 12.5 Å². The molecule has 36 heavy (non-hydrogen) atoms. The Morgan fingerprint density at radius 3 is 2.42 bits per heavy atom. The van der Waals surface area contributed by atoms with Crippen LogP contribution in [0.1, 0.15) is 82.9 Å². The van der Waals surface area contributed by atoms with Gasteiger partial charge in [0, 0.05) is 18.5 Å². The molecule has 196 valence electrons. The van der Waals surface area contributed by atoms with Crippen LogP contribution in [0.3, 0.4) is 0 Å². The molecule has 0 spiro atoms. The third kappa shape index (κ3) is 8.91. The molecule has 0 heterocycles. The first-order valence-electron chi connectivity index (χ1n) is 12.4. The monoisotopic (exact) mass is 498 g/mol. The van der Waals surface area contributed by atoms with E-state index in [1.165, 1.54) is 0 Å². The minimum absolute atomic E-state index is 0.00108. The van der Waals surface area contributed by atoms with Gasteiger partial charge in [-0.1, -0.05) is 55.5 Å². The average molecular weight is 499 g/mol. The molecule has 0 radical (unpaired) electrons.